The molecule has 1 unspecified atom stereocenters. The van der Waals surface area contributed by atoms with Crippen LogP contribution in [0.4, 0.5) is 5.82 Å². The molecule has 0 saturated heterocycles. The van der Waals surface area contributed by atoms with Gasteiger partial charge in [0.1, 0.15) is 5.82 Å². The molecule has 1 atom stereocenters. The number of amides is 1. The molecule has 1 aliphatic carbocycles. The monoisotopic (exact) mass is 458 g/mol. The van der Waals surface area contributed by atoms with E-state index in [1.165, 1.54) is 0 Å². The number of aromatic nitrogens is 2. The SMILES string of the molecule is CCOC(=O)CC1(CN)Cc2cnc(I)nc2N(C2CCCC2)C1=O. The summed E-state index contributed by atoms with van der Waals surface area (Å²) in [6.07, 6.45) is 6.21. The summed E-state index contributed by atoms with van der Waals surface area (Å²) >= 11 is 2.06. The number of anilines is 1. The van der Waals surface area contributed by atoms with Crippen LogP contribution in [0.15, 0.2) is 6.20 Å². The average Bonchev–Trinajstić information content (AvgIpc) is 3.10. The molecule has 1 aliphatic heterocycles. The maximum Gasteiger partial charge on any atom is 0.306 e. The number of halogens is 1. The molecule has 1 aromatic heterocycles. The first-order valence-corrected chi connectivity index (χ1v) is 9.79. The molecular formula is C17H23IN4O3. The number of nitrogens with zero attached hydrogens (tertiary/aromatic N) is 3. The Bertz CT molecular complexity index is 678. The molecule has 136 valence electrons. The minimum absolute atomic E-state index is 0.00911. The summed E-state index contributed by atoms with van der Waals surface area (Å²) < 4.78 is 5.70. The van der Waals surface area contributed by atoms with Gasteiger partial charge < -0.3 is 10.5 Å². The van der Waals surface area contributed by atoms with Gasteiger partial charge in [0, 0.05) is 46.9 Å². The summed E-state index contributed by atoms with van der Waals surface area (Å²) in [7, 11) is 0. The molecule has 2 aliphatic rings. The van der Waals surface area contributed by atoms with E-state index in [-0.39, 0.29) is 37.5 Å². The van der Waals surface area contributed by atoms with Gasteiger partial charge in [0.2, 0.25) is 5.91 Å². The first-order valence-electron chi connectivity index (χ1n) is 8.71. The third-order valence-electron chi connectivity index (χ3n) is 5.11. The molecule has 1 fully saturated rings. The Morgan fingerprint density at radius 3 is 2.84 bits per heavy atom. The lowest BCUT2D eigenvalue weighted by atomic mass is 9.74. The fourth-order valence-electron chi connectivity index (χ4n) is 3.86. The van der Waals surface area contributed by atoms with Crippen molar-refractivity contribution < 1.29 is 14.3 Å². The van der Waals surface area contributed by atoms with Gasteiger partial charge in [-0.05, 0) is 26.2 Å². The molecule has 1 amide bonds. The van der Waals surface area contributed by atoms with E-state index >= 15 is 0 Å². The zero-order chi connectivity index (χ0) is 18.0. The van der Waals surface area contributed by atoms with Crippen molar-refractivity contribution >= 4 is 40.3 Å². The molecule has 1 saturated carbocycles. The number of hydrogen-bond acceptors (Lipinski definition) is 6. The van der Waals surface area contributed by atoms with Crippen molar-refractivity contribution in [3.63, 3.8) is 0 Å². The topological polar surface area (TPSA) is 98.4 Å². The highest BCUT2D eigenvalue weighted by Crippen LogP contribution is 2.42. The van der Waals surface area contributed by atoms with Crippen LogP contribution in [-0.4, -0.2) is 41.0 Å². The number of fused-ring (bicyclic) bond motifs is 1. The van der Waals surface area contributed by atoms with Crippen LogP contribution in [0.5, 0.6) is 0 Å². The maximum absolute atomic E-state index is 13.5. The predicted molar refractivity (Wildman–Crippen MR) is 101 cm³/mol. The van der Waals surface area contributed by atoms with Crippen LogP contribution in [0.25, 0.3) is 0 Å². The van der Waals surface area contributed by atoms with Crippen molar-refractivity contribution in [3.8, 4) is 0 Å². The van der Waals surface area contributed by atoms with E-state index in [2.05, 4.69) is 32.6 Å². The highest BCUT2D eigenvalue weighted by Gasteiger charge is 2.49. The van der Waals surface area contributed by atoms with Crippen LogP contribution < -0.4 is 10.6 Å². The minimum Gasteiger partial charge on any atom is -0.466 e. The lowest BCUT2D eigenvalue weighted by Gasteiger charge is -2.43. The smallest absolute Gasteiger partial charge is 0.306 e. The van der Waals surface area contributed by atoms with Crippen molar-refractivity contribution in [2.75, 3.05) is 18.1 Å². The Kier molecular flexibility index (Phi) is 5.57. The van der Waals surface area contributed by atoms with Crippen molar-refractivity contribution in [2.24, 2.45) is 11.1 Å². The number of ether oxygens (including phenoxy) is 1. The van der Waals surface area contributed by atoms with E-state index in [0.29, 0.717) is 16.1 Å². The second-order valence-corrected chi connectivity index (χ2v) is 7.71. The molecule has 0 radical (unpaired) electrons. The molecule has 7 nitrogen and oxygen atoms in total. The van der Waals surface area contributed by atoms with Gasteiger partial charge in [0.15, 0.2) is 3.83 Å². The van der Waals surface area contributed by atoms with Gasteiger partial charge in [-0.25, -0.2) is 9.97 Å². The Morgan fingerprint density at radius 2 is 2.20 bits per heavy atom. The summed E-state index contributed by atoms with van der Waals surface area (Å²) in [5.74, 6) is 0.198. The highest BCUT2D eigenvalue weighted by molar-refractivity contribution is 14.1. The average molecular weight is 458 g/mol. The zero-order valence-corrected chi connectivity index (χ0v) is 16.5. The van der Waals surface area contributed by atoms with Gasteiger partial charge >= 0.3 is 5.97 Å². The lowest BCUT2D eigenvalue weighted by molar-refractivity contribution is -0.149. The Balaban J connectivity index is 2.03. The van der Waals surface area contributed by atoms with Crippen LogP contribution in [-0.2, 0) is 20.7 Å². The fourth-order valence-corrected chi connectivity index (χ4v) is 4.23. The largest absolute Gasteiger partial charge is 0.466 e. The van der Waals surface area contributed by atoms with Crippen LogP contribution >= 0.6 is 22.6 Å². The van der Waals surface area contributed by atoms with Crippen molar-refractivity contribution in [2.45, 2.75) is 51.5 Å². The zero-order valence-electron chi connectivity index (χ0n) is 14.3. The molecular weight excluding hydrogens is 435 g/mol. The van der Waals surface area contributed by atoms with Crippen molar-refractivity contribution in [3.05, 3.63) is 15.6 Å². The molecule has 25 heavy (non-hydrogen) atoms. The standard InChI is InChI=1S/C17H23IN4O3/c1-2-25-13(23)8-17(10-19)7-11-9-20-16(18)21-14(11)22(15(17)24)12-5-3-4-6-12/h9,12H,2-8,10,19H2,1H3. The second-order valence-electron chi connectivity index (χ2n) is 6.74. The molecule has 3 rings (SSSR count). The maximum atomic E-state index is 13.5. The normalized spacial score (nSPS) is 23.6. The van der Waals surface area contributed by atoms with Crippen molar-refractivity contribution in [1.82, 2.24) is 9.97 Å². The molecule has 0 bridgehead atoms. The highest BCUT2D eigenvalue weighted by atomic mass is 127. The van der Waals surface area contributed by atoms with Gasteiger partial charge in [-0.2, -0.15) is 0 Å². The van der Waals surface area contributed by atoms with Gasteiger partial charge in [-0.3, -0.25) is 14.5 Å². The Morgan fingerprint density at radius 1 is 1.48 bits per heavy atom. The van der Waals surface area contributed by atoms with E-state index in [0.717, 1.165) is 31.2 Å². The fraction of sp³-hybridized carbons (Fsp3) is 0.647. The summed E-state index contributed by atoms with van der Waals surface area (Å²) in [4.78, 5) is 36.2. The van der Waals surface area contributed by atoms with E-state index in [1.807, 2.05) is 0 Å². The molecule has 0 spiro atoms. The van der Waals surface area contributed by atoms with E-state index in [4.69, 9.17) is 10.5 Å². The van der Waals surface area contributed by atoms with Gasteiger partial charge in [-0.15, -0.1) is 0 Å². The molecule has 0 aromatic carbocycles. The van der Waals surface area contributed by atoms with E-state index in [9.17, 15) is 9.59 Å². The van der Waals surface area contributed by atoms with Crippen LogP contribution in [0.1, 0.15) is 44.6 Å². The second kappa shape index (κ2) is 7.53. The van der Waals surface area contributed by atoms with Gasteiger partial charge in [0.05, 0.1) is 18.4 Å². The minimum atomic E-state index is -0.974. The summed E-state index contributed by atoms with van der Waals surface area (Å²) in [5.41, 5.74) is 5.93. The third-order valence-corrected chi connectivity index (χ3v) is 5.63. The summed E-state index contributed by atoms with van der Waals surface area (Å²) in [5, 5.41) is 0. The molecule has 2 heterocycles. The number of rotatable bonds is 5. The quantitative estimate of drug-likeness (QED) is 0.411. The Hall–Kier alpha value is -1.29. The van der Waals surface area contributed by atoms with Crippen LogP contribution in [0, 0.1) is 9.25 Å². The van der Waals surface area contributed by atoms with Crippen LogP contribution in [0.2, 0.25) is 0 Å². The lowest BCUT2D eigenvalue weighted by Crippen LogP contribution is -2.57. The Labute approximate surface area is 160 Å². The number of hydrogen-bond donors (Lipinski definition) is 1. The number of nitrogens with two attached hydrogens (primary N) is 1. The first-order chi connectivity index (χ1) is 12.0. The van der Waals surface area contributed by atoms with Crippen LogP contribution in [0.3, 0.4) is 0 Å². The number of carbonyl (C=O) groups excluding carboxylic acids is 2. The predicted octanol–water partition coefficient (Wildman–Crippen LogP) is 1.81. The first kappa shape index (κ1) is 18.5. The van der Waals surface area contributed by atoms with Gasteiger partial charge in [-0.1, -0.05) is 12.8 Å². The number of esters is 1. The molecule has 8 heteroatoms. The number of carbonyl (C=O) groups is 2. The molecule has 2 N–H and O–H groups in total. The van der Waals surface area contributed by atoms with E-state index < -0.39 is 5.41 Å². The van der Waals surface area contributed by atoms with E-state index in [1.54, 1.807) is 18.0 Å². The van der Waals surface area contributed by atoms with Gasteiger partial charge in [0.25, 0.3) is 0 Å². The summed E-state index contributed by atoms with van der Waals surface area (Å²) in [6, 6.07) is 0.116. The molecule has 1 aromatic rings. The summed E-state index contributed by atoms with van der Waals surface area (Å²) in [6.45, 7) is 2.14. The third kappa shape index (κ3) is 3.51. The van der Waals surface area contributed by atoms with Crippen molar-refractivity contribution in [1.29, 1.82) is 0 Å².